The van der Waals surface area contributed by atoms with E-state index < -0.39 is 5.82 Å². The largest absolute Gasteiger partial charge is 0.481 e. The van der Waals surface area contributed by atoms with E-state index in [9.17, 15) is 4.39 Å². The van der Waals surface area contributed by atoms with E-state index in [0.29, 0.717) is 41.6 Å². The standard InChI is InChI=1S/C20H19FN6O2/c1-29-18-6-2-5-16(23-18)19-25-20(24-15-7-8-22-11-14(15)21)17-10-13(4-3-9-28)12-27(17)26-19/h2,5-8,10-12,28H,3-4,9H2,1H3,(H,22,24,25,26). The van der Waals surface area contributed by atoms with Gasteiger partial charge in [-0.15, -0.1) is 5.10 Å². The lowest BCUT2D eigenvalue weighted by Gasteiger charge is -2.10. The van der Waals surface area contributed by atoms with Gasteiger partial charge in [0.1, 0.15) is 11.2 Å². The first-order chi connectivity index (χ1) is 14.2. The summed E-state index contributed by atoms with van der Waals surface area (Å²) in [5.74, 6) is 0.743. The van der Waals surface area contributed by atoms with Crippen molar-refractivity contribution < 1.29 is 14.2 Å². The average Bonchev–Trinajstić information content (AvgIpc) is 3.17. The Balaban J connectivity index is 1.83. The third kappa shape index (κ3) is 3.99. The van der Waals surface area contributed by atoms with E-state index in [4.69, 9.17) is 9.84 Å². The number of nitrogens with one attached hydrogen (secondary N) is 1. The molecular formula is C20H19FN6O2. The van der Waals surface area contributed by atoms with Crippen LogP contribution in [0, 0.1) is 5.82 Å². The van der Waals surface area contributed by atoms with E-state index in [2.05, 4.69) is 25.4 Å². The van der Waals surface area contributed by atoms with Crippen LogP contribution in [0.2, 0.25) is 0 Å². The second-order valence-electron chi connectivity index (χ2n) is 6.34. The van der Waals surface area contributed by atoms with Crippen molar-refractivity contribution in [3.8, 4) is 17.4 Å². The van der Waals surface area contributed by atoms with Crippen molar-refractivity contribution in [1.29, 1.82) is 0 Å². The maximum atomic E-state index is 14.1. The molecule has 8 nitrogen and oxygen atoms in total. The summed E-state index contributed by atoms with van der Waals surface area (Å²) in [6.07, 6.45) is 5.83. The Morgan fingerprint density at radius 3 is 2.93 bits per heavy atom. The number of ether oxygens (including phenoxy) is 1. The van der Waals surface area contributed by atoms with E-state index in [1.165, 1.54) is 19.4 Å². The van der Waals surface area contributed by atoms with Crippen LogP contribution in [0.15, 0.2) is 48.9 Å². The number of nitrogens with zero attached hydrogens (tertiary/aromatic N) is 5. The van der Waals surface area contributed by atoms with Crippen LogP contribution in [0.4, 0.5) is 15.9 Å². The van der Waals surface area contributed by atoms with Gasteiger partial charge >= 0.3 is 0 Å². The first kappa shape index (κ1) is 18.8. The topological polar surface area (TPSA) is 97.5 Å². The van der Waals surface area contributed by atoms with Gasteiger partial charge < -0.3 is 15.2 Å². The summed E-state index contributed by atoms with van der Waals surface area (Å²) in [6.45, 7) is 0.101. The van der Waals surface area contributed by atoms with Gasteiger partial charge in [-0.1, -0.05) is 6.07 Å². The number of rotatable bonds is 7. The number of aliphatic hydroxyl groups is 1. The highest BCUT2D eigenvalue weighted by Crippen LogP contribution is 2.26. The minimum Gasteiger partial charge on any atom is -0.481 e. The van der Waals surface area contributed by atoms with Gasteiger partial charge in [0.15, 0.2) is 11.6 Å². The number of aryl methyl sites for hydroxylation is 1. The number of hydrogen-bond donors (Lipinski definition) is 2. The Morgan fingerprint density at radius 2 is 2.14 bits per heavy atom. The molecule has 0 amide bonds. The Bertz CT molecular complexity index is 1150. The second-order valence-corrected chi connectivity index (χ2v) is 6.34. The van der Waals surface area contributed by atoms with Gasteiger partial charge in [0.2, 0.25) is 11.7 Å². The Kier molecular flexibility index (Phi) is 5.30. The highest BCUT2D eigenvalue weighted by Gasteiger charge is 2.14. The minimum atomic E-state index is -0.489. The van der Waals surface area contributed by atoms with Crippen molar-refractivity contribution in [2.45, 2.75) is 12.8 Å². The van der Waals surface area contributed by atoms with Crippen LogP contribution in [0.5, 0.6) is 5.88 Å². The number of fused-ring (bicyclic) bond motifs is 1. The summed E-state index contributed by atoms with van der Waals surface area (Å²) in [7, 11) is 1.54. The fourth-order valence-electron chi connectivity index (χ4n) is 2.93. The molecule has 0 aliphatic rings. The summed E-state index contributed by atoms with van der Waals surface area (Å²) in [5, 5.41) is 16.7. The van der Waals surface area contributed by atoms with Crippen LogP contribution in [-0.2, 0) is 6.42 Å². The second kappa shape index (κ2) is 8.19. The van der Waals surface area contributed by atoms with Crippen LogP contribution >= 0.6 is 0 Å². The van der Waals surface area contributed by atoms with E-state index in [1.54, 1.807) is 22.7 Å². The summed E-state index contributed by atoms with van der Waals surface area (Å²) >= 11 is 0. The van der Waals surface area contributed by atoms with Gasteiger partial charge in [0.25, 0.3) is 0 Å². The number of aromatic nitrogens is 5. The van der Waals surface area contributed by atoms with Crippen molar-refractivity contribution >= 4 is 17.0 Å². The fourth-order valence-corrected chi connectivity index (χ4v) is 2.93. The summed E-state index contributed by atoms with van der Waals surface area (Å²) in [5.41, 5.74) is 2.45. The van der Waals surface area contributed by atoms with Crippen molar-refractivity contribution in [3.63, 3.8) is 0 Å². The lowest BCUT2D eigenvalue weighted by molar-refractivity contribution is 0.288. The smallest absolute Gasteiger partial charge is 0.213 e. The molecule has 29 heavy (non-hydrogen) atoms. The molecule has 0 radical (unpaired) electrons. The Morgan fingerprint density at radius 1 is 1.24 bits per heavy atom. The quantitative estimate of drug-likeness (QED) is 0.497. The first-order valence-corrected chi connectivity index (χ1v) is 9.06. The predicted molar refractivity (Wildman–Crippen MR) is 106 cm³/mol. The summed E-state index contributed by atoms with van der Waals surface area (Å²) < 4.78 is 21.0. The molecular weight excluding hydrogens is 375 g/mol. The lowest BCUT2D eigenvalue weighted by atomic mass is 10.2. The van der Waals surface area contributed by atoms with Crippen LogP contribution in [0.1, 0.15) is 12.0 Å². The number of pyridine rings is 2. The molecule has 0 fully saturated rings. The zero-order chi connectivity index (χ0) is 20.2. The molecule has 4 heterocycles. The number of methoxy groups -OCH3 is 1. The molecule has 0 unspecified atom stereocenters. The molecule has 2 N–H and O–H groups in total. The molecule has 0 atom stereocenters. The molecule has 0 aliphatic carbocycles. The van der Waals surface area contributed by atoms with Crippen molar-refractivity contribution in [3.05, 3.63) is 60.3 Å². The SMILES string of the molecule is COc1cccc(-c2nc(Nc3ccncc3F)c3cc(CCCO)cn3n2)n1. The molecule has 9 heteroatoms. The molecule has 4 aromatic rings. The molecule has 0 saturated carbocycles. The third-order valence-electron chi connectivity index (χ3n) is 4.33. The van der Waals surface area contributed by atoms with Crippen LogP contribution < -0.4 is 10.1 Å². The number of halogens is 1. The van der Waals surface area contributed by atoms with E-state index >= 15 is 0 Å². The first-order valence-electron chi connectivity index (χ1n) is 9.06. The van der Waals surface area contributed by atoms with Crippen molar-refractivity contribution in [2.24, 2.45) is 0 Å². The Labute approximate surface area is 166 Å². The number of anilines is 2. The van der Waals surface area contributed by atoms with Crippen molar-refractivity contribution in [2.75, 3.05) is 19.0 Å². The maximum absolute atomic E-state index is 14.1. The normalized spacial score (nSPS) is 11.0. The zero-order valence-electron chi connectivity index (χ0n) is 15.7. The summed E-state index contributed by atoms with van der Waals surface area (Å²) in [6, 6.07) is 8.76. The molecule has 4 aromatic heterocycles. The molecule has 0 spiro atoms. The van der Waals surface area contributed by atoms with Gasteiger partial charge in [0, 0.05) is 25.1 Å². The zero-order valence-corrected chi connectivity index (χ0v) is 15.7. The molecule has 0 aliphatic heterocycles. The molecule has 148 valence electrons. The maximum Gasteiger partial charge on any atom is 0.213 e. The highest BCUT2D eigenvalue weighted by atomic mass is 19.1. The van der Waals surface area contributed by atoms with E-state index in [-0.39, 0.29) is 12.3 Å². The van der Waals surface area contributed by atoms with Gasteiger partial charge in [-0.25, -0.2) is 18.9 Å². The lowest BCUT2D eigenvalue weighted by Crippen LogP contribution is -2.05. The summed E-state index contributed by atoms with van der Waals surface area (Å²) in [4.78, 5) is 12.7. The fraction of sp³-hybridized carbons (Fsp3) is 0.200. The van der Waals surface area contributed by atoms with Crippen LogP contribution in [0.25, 0.3) is 17.0 Å². The van der Waals surface area contributed by atoms with Gasteiger partial charge in [-0.3, -0.25) is 4.98 Å². The predicted octanol–water partition coefficient (Wildman–Crippen LogP) is 3.00. The third-order valence-corrected chi connectivity index (χ3v) is 4.33. The number of aliphatic hydroxyl groups excluding tert-OH is 1. The van der Waals surface area contributed by atoms with E-state index in [1.807, 2.05) is 12.3 Å². The van der Waals surface area contributed by atoms with E-state index in [0.717, 1.165) is 11.8 Å². The van der Waals surface area contributed by atoms with Gasteiger partial charge in [0.05, 0.1) is 19.0 Å². The highest BCUT2D eigenvalue weighted by molar-refractivity contribution is 5.75. The van der Waals surface area contributed by atoms with Gasteiger partial charge in [-0.05, 0) is 36.6 Å². The molecule has 4 rings (SSSR count). The minimum absolute atomic E-state index is 0.101. The Hall–Kier alpha value is -3.59. The van der Waals surface area contributed by atoms with Crippen LogP contribution in [-0.4, -0.2) is 43.4 Å². The average molecular weight is 394 g/mol. The molecule has 0 aromatic carbocycles. The molecule has 0 bridgehead atoms. The van der Waals surface area contributed by atoms with Crippen LogP contribution in [0.3, 0.4) is 0 Å². The number of hydrogen-bond acceptors (Lipinski definition) is 7. The monoisotopic (exact) mass is 394 g/mol. The molecule has 0 saturated heterocycles. The van der Waals surface area contributed by atoms with Gasteiger partial charge in [-0.2, -0.15) is 0 Å². The van der Waals surface area contributed by atoms with Crippen molar-refractivity contribution in [1.82, 2.24) is 24.6 Å².